The predicted octanol–water partition coefficient (Wildman–Crippen LogP) is 4.19. The molecule has 1 aliphatic heterocycles. The molecule has 0 radical (unpaired) electrons. The molecule has 1 aromatic rings. The first-order chi connectivity index (χ1) is 10.6. The first-order valence-electron chi connectivity index (χ1n) is 8.05. The molecule has 0 spiro atoms. The summed E-state index contributed by atoms with van der Waals surface area (Å²) in [7, 11) is 0. The number of rotatable bonds is 2. The van der Waals surface area contributed by atoms with E-state index in [1.165, 1.54) is 11.3 Å². The topological polar surface area (TPSA) is 52.6 Å². The molecule has 0 aromatic carbocycles. The number of hydrogen-bond acceptors (Lipinski definition) is 3. The van der Waals surface area contributed by atoms with Gasteiger partial charge in [0.25, 0.3) is 0 Å². The molecule has 2 aliphatic rings. The SMILES string of the molecule is C[C@@H]1CC[C@H](O)[C@@H]([C@H]2CCCN2C(=O)Nc2ccsc2Cl)C1. The fourth-order valence-corrected chi connectivity index (χ4v) is 4.72. The van der Waals surface area contributed by atoms with Gasteiger partial charge in [0.2, 0.25) is 0 Å². The maximum Gasteiger partial charge on any atom is 0.322 e. The summed E-state index contributed by atoms with van der Waals surface area (Å²) in [5.74, 6) is 0.833. The molecule has 4 nitrogen and oxygen atoms in total. The van der Waals surface area contributed by atoms with Crippen molar-refractivity contribution in [3.05, 3.63) is 15.8 Å². The number of halogens is 1. The summed E-state index contributed by atoms with van der Waals surface area (Å²) in [6, 6.07) is 1.89. The van der Waals surface area contributed by atoms with Gasteiger partial charge < -0.3 is 15.3 Å². The van der Waals surface area contributed by atoms with E-state index in [4.69, 9.17) is 11.6 Å². The van der Waals surface area contributed by atoms with E-state index in [0.29, 0.717) is 15.9 Å². The maximum absolute atomic E-state index is 12.6. The fraction of sp³-hybridized carbons (Fsp3) is 0.688. The van der Waals surface area contributed by atoms with E-state index in [1.807, 2.05) is 16.3 Å². The van der Waals surface area contributed by atoms with Gasteiger partial charge in [0, 0.05) is 18.5 Å². The van der Waals surface area contributed by atoms with Crippen LogP contribution in [0.1, 0.15) is 39.0 Å². The summed E-state index contributed by atoms with van der Waals surface area (Å²) >= 11 is 7.47. The molecule has 1 aromatic heterocycles. The lowest BCUT2D eigenvalue weighted by Crippen LogP contribution is -2.47. The molecule has 22 heavy (non-hydrogen) atoms. The van der Waals surface area contributed by atoms with Gasteiger partial charge in [-0.3, -0.25) is 0 Å². The van der Waals surface area contributed by atoms with Gasteiger partial charge in [-0.1, -0.05) is 18.5 Å². The Labute approximate surface area is 140 Å². The zero-order chi connectivity index (χ0) is 15.7. The number of anilines is 1. The molecule has 0 unspecified atom stereocenters. The molecule has 3 rings (SSSR count). The molecule has 0 bridgehead atoms. The van der Waals surface area contributed by atoms with Crippen LogP contribution in [-0.4, -0.2) is 34.7 Å². The highest BCUT2D eigenvalue weighted by molar-refractivity contribution is 7.15. The van der Waals surface area contributed by atoms with E-state index in [2.05, 4.69) is 12.2 Å². The highest BCUT2D eigenvalue weighted by Gasteiger charge is 2.40. The number of nitrogens with zero attached hydrogens (tertiary/aromatic N) is 1. The minimum atomic E-state index is -0.278. The number of nitrogens with one attached hydrogen (secondary N) is 1. The van der Waals surface area contributed by atoms with Crippen LogP contribution in [0, 0.1) is 11.8 Å². The van der Waals surface area contributed by atoms with Crippen LogP contribution < -0.4 is 5.32 Å². The van der Waals surface area contributed by atoms with Crippen LogP contribution >= 0.6 is 22.9 Å². The Morgan fingerprint density at radius 2 is 2.27 bits per heavy atom. The van der Waals surface area contributed by atoms with E-state index in [0.717, 1.165) is 38.6 Å². The number of hydrogen-bond donors (Lipinski definition) is 2. The van der Waals surface area contributed by atoms with Gasteiger partial charge in [-0.2, -0.15) is 0 Å². The highest BCUT2D eigenvalue weighted by Crippen LogP contribution is 2.37. The number of urea groups is 1. The highest BCUT2D eigenvalue weighted by atomic mass is 35.5. The summed E-state index contributed by atoms with van der Waals surface area (Å²) in [4.78, 5) is 14.5. The van der Waals surface area contributed by atoms with Gasteiger partial charge in [-0.25, -0.2) is 4.79 Å². The van der Waals surface area contributed by atoms with Crippen molar-refractivity contribution in [2.75, 3.05) is 11.9 Å². The van der Waals surface area contributed by atoms with E-state index < -0.39 is 0 Å². The van der Waals surface area contributed by atoms with E-state index in [1.54, 1.807) is 0 Å². The molecule has 1 saturated carbocycles. The molecule has 2 amide bonds. The molecule has 2 N–H and O–H groups in total. The number of likely N-dealkylation sites (tertiary alicyclic amines) is 1. The zero-order valence-electron chi connectivity index (χ0n) is 12.8. The second kappa shape index (κ2) is 6.77. The number of thiophene rings is 1. The van der Waals surface area contributed by atoms with Crippen molar-refractivity contribution in [2.45, 2.75) is 51.2 Å². The molecule has 2 fully saturated rings. The average molecular weight is 343 g/mol. The molecule has 122 valence electrons. The molecule has 2 heterocycles. The minimum Gasteiger partial charge on any atom is -0.393 e. The van der Waals surface area contributed by atoms with Gasteiger partial charge in [0.1, 0.15) is 4.34 Å². The zero-order valence-corrected chi connectivity index (χ0v) is 14.4. The predicted molar refractivity (Wildman–Crippen MR) is 90.6 cm³/mol. The number of aliphatic hydroxyl groups is 1. The Hall–Kier alpha value is -0.780. The number of carbonyl (C=O) groups is 1. The standard InChI is InChI=1S/C16H23ClN2O2S/c1-10-4-5-14(20)11(9-10)13-3-2-7-19(13)16(21)18-12-6-8-22-15(12)17/h6,8,10-11,13-14,20H,2-5,7,9H2,1H3,(H,18,21)/t10-,11-,13-,14+/m1/s1. The second-order valence-electron chi connectivity index (χ2n) is 6.59. The van der Waals surface area contributed by atoms with Crippen molar-refractivity contribution in [1.29, 1.82) is 0 Å². The van der Waals surface area contributed by atoms with Gasteiger partial charge in [-0.05, 0) is 49.5 Å². The van der Waals surface area contributed by atoms with Crippen LogP contribution in [0.3, 0.4) is 0 Å². The number of amides is 2. The summed E-state index contributed by atoms with van der Waals surface area (Å²) in [5, 5.41) is 15.1. The first kappa shape index (κ1) is 16.1. The molecule has 4 atom stereocenters. The summed E-state index contributed by atoms with van der Waals surface area (Å²) < 4.78 is 0.607. The minimum absolute atomic E-state index is 0.0896. The third kappa shape index (κ3) is 3.26. The van der Waals surface area contributed by atoms with Crippen molar-refractivity contribution in [2.24, 2.45) is 11.8 Å². The molecular weight excluding hydrogens is 320 g/mol. The van der Waals surface area contributed by atoms with E-state index in [-0.39, 0.29) is 24.1 Å². The van der Waals surface area contributed by atoms with Crippen LogP contribution in [0.4, 0.5) is 10.5 Å². The third-order valence-electron chi connectivity index (χ3n) is 5.04. The number of aliphatic hydroxyl groups excluding tert-OH is 1. The Bertz CT molecular complexity index is 536. The second-order valence-corrected chi connectivity index (χ2v) is 8.11. The molecule has 1 aliphatic carbocycles. The first-order valence-corrected chi connectivity index (χ1v) is 9.30. The quantitative estimate of drug-likeness (QED) is 0.846. The van der Waals surface area contributed by atoms with Gasteiger partial charge in [0.05, 0.1) is 11.8 Å². The lowest BCUT2D eigenvalue weighted by molar-refractivity contribution is 0.0165. The Morgan fingerprint density at radius 3 is 3.00 bits per heavy atom. The average Bonchev–Trinajstić information content (AvgIpc) is 3.11. The van der Waals surface area contributed by atoms with Gasteiger partial charge >= 0.3 is 6.03 Å². The van der Waals surface area contributed by atoms with Crippen LogP contribution in [0.25, 0.3) is 0 Å². The summed E-state index contributed by atoms with van der Waals surface area (Å²) in [5.41, 5.74) is 0.680. The maximum atomic E-state index is 12.6. The van der Waals surface area contributed by atoms with Crippen molar-refractivity contribution < 1.29 is 9.90 Å². The molecule has 6 heteroatoms. The van der Waals surface area contributed by atoms with Crippen LogP contribution in [0.5, 0.6) is 0 Å². The monoisotopic (exact) mass is 342 g/mol. The Morgan fingerprint density at radius 1 is 1.45 bits per heavy atom. The van der Waals surface area contributed by atoms with Crippen LogP contribution in [-0.2, 0) is 0 Å². The lowest BCUT2D eigenvalue weighted by atomic mass is 9.76. The summed E-state index contributed by atoms with van der Waals surface area (Å²) in [6.07, 6.45) is 4.66. The van der Waals surface area contributed by atoms with Crippen molar-refractivity contribution in [3.8, 4) is 0 Å². The molecule has 1 saturated heterocycles. The third-order valence-corrected chi connectivity index (χ3v) is 6.21. The molecular formula is C16H23ClN2O2S. The van der Waals surface area contributed by atoms with Crippen LogP contribution in [0.15, 0.2) is 11.4 Å². The van der Waals surface area contributed by atoms with Crippen molar-refractivity contribution in [1.82, 2.24) is 4.90 Å². The summed E-state index contributed by atoms with van der Waals surface area (Å²) in [6.45, 7) is 3.00. The van der Waals surface area contributed by atoms with E-state index in [9.17, 15) is 9.90 Å². The van der Waals surface area contributed by atoms with Gasteiger partial charge in [-0.15, -0.1) is 11.3 Å². The van der Waals surface area contributed by atoms with Crippen molar-refractivity contribution >= 4 is 34.7 Å². The van der Waals surface area contributed by atoms with Crippen molar-refractivity contribution in [3.63, 3.8) is 0 Å². The van der Waals surface area contributed by atoms with E-state index >= 15 is 0 Å². The number of carbonyl (C=O) groups excluding carboxylic acids is 1. The van der Waals surface area contributed by atoms with Gasteiger partial charge in [0.15, 0.2) is 0 Å². The normalized spacial score (nSPS) is 32.2. The Kier molecular flexibility index (Phi) is 4.95. The Balaban J connectivity index is 1.69. The fourth-order valence-electron chi connectivity index (χ4n) is 3.88. The van der Waals surface area contributed by atoms with Crippen LogP contribution in [0.2, 0.25) is 4.34 Å². The smallest absolute Gasteiger partial charge is 0.322 e. The largest absolute Gasteiger partial charge is 0.393 e. The lowest BCUT2D eigenvalue weighted by Gasteiger charge is -2.39.